The highest BCUT2D eigenvalue weighted by Crippen LogP contribution is 2.40. The molecule has 0 saturated heterocycles. The number of esters is 1. The average molecular weight is 372 g/mol. The highest BCUT2D eigenvalue weighted by atomic mass is 32.1. The van der Waals surface area contributed by atoms with Gasteiger partial charge in [0.05, 0.1) is 18.6 Å². The number of nitrogens with one attached hydrogen (secondary N) is 1. The van der Waals surface area contributed by atoms with Crippen molar-refractivity contribution in [1.82, 2.24) is 0 Å². The van der Waals surface area contributed by atoms with Crippen molar-refractivity contribution >= 4 is 28.2 Å². The smallest absolute Gasteiger partial charge is 0.341 e. The maximum absolute atomic E-state index is 12.9. The quantitative estimate of drug-likeness (QED) is 0.769. The van der Waals surface area contributed by atoms with Crippen molar-refractivity contribution in [2.75, 3.05) is 12.4 Å². The summed E-state index contributed by atoms with van der Waals surface area (Å²) in [4.78, 5) is 26.5. The lowest BCUT2D eigenvalue weighted by atomic mass is 9.88. The number of carbonyl (C=O) groups is 2. The SMILES string of the molecule is CC[C@@H](C(=O)Nc1sc2c(c1C(=O)OC)CC[C@@H](C)C2)c1ccccc1. The van der Waals surface area contributed by atoms with Crippen molar-refractivity contribution in [3.8, 4) is 0 Å². The summed E-state index contributed by atoms with van der Waals surface area (Å²) in [6.07, 6.45) is 3.58. The van der Waals surface area contributed by atoms with Crippen LogP contribution in [0.3, 0.4) is 0 Å². The maximum atomic E-state index is 12.9. The first-order valence-corrected chi connectivity index (χ1v) is 9.95. The maximum Gasteiger partial charge on any atom is 0.341 e. The molecular formula is C21H25NO3S. The zero-order chi connectivity index (χ0) is 18.7. The van der Waals surface area contributed by atoms with E-state index in [1.807, 2.05) is 37.3 Å². The number of ether oxygens (including phenoxy) is 1. The van der Waals surface area contributed by atoms with Crippen molar-refractivity contribution < 1.29 is 14.3 Å². The van der Waals surface area contributed by atoms with E-state index in [1.54, 1.807) is 0 Å². The molecule has 1 heterocycles. The minimum Gasteiger partial charge on any atom is -0.465 e. The molecule has 0 aliphatic heterocycles. The van der Waals surface area contributed by atoms with E-state index in [1.165, 1.54) is 23.3 Å². The number of carbonyl (C=O) groups excluding carboxylic acids is 2. The Kier molecular flexibility index (Phi) is 5.77. The number of rotatable bonds is 5. The summed E-state index contributed by atoms with van der Waals surface area (Å²) < 4.78 is 5.00. The monoisotopic (exact) mass is 371 g/mol. The van der Waals surface area contributed by atoms with Gasteiger partial charge in [-0.05, 0) is 42.7 Å². The number of thiophene rings is 1. The number of hydrogen-bond donors (Lipinski definition) is 1. The third-order valence-electron chi connectivity index (χ3n) is 5.06. The summed E-state index contributed by atoms with van der Waals surface area (Å²) in [6.45, 7) is 4.22. The van der Waals surface area contributed by atoms with E-state index >= 15 is 0 Å². The van der Waals surface area contributed by atoms with Crippen molar-refractivity contribution in [1.29, 1.82) is 0 Å². The number of fused-ring (bicyclic) bond motifs is 1. The van der Waals surface area contributed by atoms with Gasteiger partial charge in [0.15, 0.2) is 0 Å². The Morgan fingerprint density at radius 2 is 2.04 bits per heavy atom. The zero-order valence-corrected chi connectivity index (χ0v) is 16.3. The predicted octanol–water partition coefficient (Wildman–Crippen LogP) is 4.79. The van der Waals surface area contributed by atoms with Crippen LogP contribution in [0.15, 0.2) is 30.3 Å². The number of anilines is 1. The molecule has 0 spiro atoms. The first kappa shape index (κ1) is 18.6. The fourth-order valence-electron chi connectivity index (χ4n) is 3.61. The molecule has 1 aliphatic rings. The molecule has 1 aromatic carbocycles. The second-order valence-corrected chi connectivity index (χ2v) is 8.01. The van der Waals surface area contributed by atoms with Gasteiger partial charge in [-0.3, -0.25) is 4.79 Å². The van der Waals surface area contributed by atoms with Crippen LogP contribution in [0, 0.1) is 5.92 Å². The minimum absolute atomic E-state index is 0.0736. The Balaban J connectivity index is 1.91. The van der Waals surface area contributed by atoms with Crippen LogP contribution in [-0.2, 0) is 22.4 Å². The van der Waals surface area contributed by atoms with Crippen LogP contribution in [0.1, 0.15) is 59.0 Å². The van der Waals surface area contributed by atoms with Gasteiger partial charge in [0.2, 0.25) is 5.91 Å². The number of amides is 1. The van der Waals surface area contributed by atoms with Gasteiger partial charge in [0.25, 0.3) is 0 Å². The molecule has 26 heavy (non-hydrogen) atoms. The first-order chi connectivity index (χ1) is 12.5. The molecule has 0 unspecified atom stereocenters. The molecule has 2 atom stereocenters. The molecule has 3 rings (SSSR count). The Morgan fingerprint density at radius 3 is 2.69 bits per heavy atom. The Morgan fingerprint density at radius 1 is 1.31 bits per heavy atom. The number of methoxy groups -OCH3 is 1. The molecule has 4 nitrogen and oxygen atoms in total. The molecule has 1 aliphatic carbocycles. The Hall–Kier alpha value is -2.14. The van der Waals surface area contributed by atoms with Crippen LogP contribution < -0.4 is 5.32 Å². The molecule has 0 saturated carbocycles. The van der Waals surface area contributed by atoms with Crippen molar-refractivity contribution in [3.63, 3.8) is 0 Å². The second-order valence-electron chi connectivity index (χ2n) is 6.91. The van der Waals surface area contributed by atoms with Gasteiger partial charge in [-0.15, -0.1) is 11.3 Å². The van der Waals surface area contributed by atoms with Crippen LogP contribution in [-0.4, -0.2) is 19.0 Å². The summed E-state index contributed by atoms with van der Waals surface area (Å²) >= 11 is 1.53. The lowest BCUT2D eigenvalue weighted by molar-refractivity contribution is -0.117. The molecule has 0 radical (unpaired) electrons. The van der Waals surface area contributed by atoms with Crippen LogP contribution in [0.5, 0.6) is 0 Å². The van der Waals surface area contributed by atoms with Crippen LogP contribution in [0.25, 0.3) is 0 Å². The predicted molar refractivity (Wildman–Crippen MR) is 105 cm³/mol. The van der Waals surface area contributed by atoms with Crippen LogP contribution >= 0.6 is 11.3 Å². The topological polar surface area (TPSA) is 55.4 Å². The number of benzene rings is 1. The molecule has 138 valence electrons. The van der Waals surface area contributed by atoms with Gasteiger partial charge in [-0.1, -0.05) is 44.2 Å². The van der Waals surface area contributed by atoms with E-state index in [-0.39, 0.29) is 17.8 Å². The first-order valence-electron chi connectivity index (χ1n) is 9.13. The molecule has 1 N–H and O–H groups in total. The standard InChI is InChI=1S/C21H25NO3S/c1-4-15(14-8-6-5-7-9-14)19(23)22-20-18(21(24)25-3)16-11-10-13(2)12-17(16)26-20/h5-9,13,15H,4,10-12H2,1-3H3,(H,22,23)/t13-,15-/m1/s1. The lowest BCUT2D eigenvalue weighted by Crippen LogP contribution is -2.21. The average Bonchev–Trinajstić information content (AvgIpc) is 2.99. The van der Waals surface area contributed by atoms with Gasteiger partial charge in [0, 0.05) is 4.88 Å². The molecule has 0 fully saturated rings. The third-order valence-corrected chi connectivity index (χ3v) is 6.23. The molecule has 1 aromatic heterocycles. The van der Waals surface area contributed by atoms with E-state index in [2.05, 4.69) is 12.2 Å². The van der Waals surface area contributed by atoms with Crippen LogP contribution in [0.4, 0.5) is 5.00 Å². The summed E-state index contributed by atoms with van der Waals surface area (Å²) in [7, 11) is 1.39. The Labute approximate surface area is 158 Å². The molecule has 0 bridgehead atoms. The van der Waals surface area contributed by atoms with E-state index < -0.39 is 0 Å². The van der Waals surface area contributed by atoms with E-state index in [0.29, 0.717) is 22.9 Å². The highest BCUT2D eigenvalue weighted by molar-refractivity contribution is 7.17. The second kappa shape index (κ2) is 8.04. The van der Waals surface area contributed by atoms with Gasteiger partial charge in [-0.25, -0.2) is 4.79 Å². The Bertz CT molecular complexity index is 797. The fraction of sp³-hybridized carbons (Fsp3) is 0.429. The van der Waals surface area contributed by atoms with Crippen LogP contribution in [0.2, 0.25) is 0 Å². The lowest BCUT2D eigenvalue weighted by Gasteiger charge is -2.18. The van der Waals surface area contributed by atoms with E-state index in [9.17, 15) is 9.59 Å². The molecule has 2 aromatic rings. The normalized spacial score (nSPS) is 17.3. The van der Waals surface area contributed by atoms with Crippen molar-refractivity contribution in [3.05, 3.63) is 51.9 Å². The highest BCUT2D eigenvalue weighted by Gasteiger charge is 2.30. The zero-order valence-electron chi connectivity index (χ0n) is 15.5. The summed E-state index contributed by atoms with van der Waals surface area (Å²) in [5.41, 5.74) is 2.60. The molecule has 5 heteroatoms. The largest absolute Gasteiger partial charge is 0.465 e. The number of hydrogen-bond acceptors (Lipinski definition) is 4. The van der Waals surface area contributed by atoms with Crippen molar-refractivity contribution in [2.24, 2.45) is 5.92 Å². The van der Waals surface area contributed by atoms with Gasteiger partial charge >= 0.3 is 5.97 Å². The summed E-state index contributed by atoms with van der Waals surface area (Å²) in [5, 5.41) is 3.66. The van der Waals surface area contributed by atoms with Gasteiger partial charge < -0.3 is 10.1 Å². The third kappa shape index (κ3) is 3.68. The van der Waals surface area contributed by atoms with E-state index in [4.69, 9.17) is 4.74 Å². The van der Waals surface area contributed by atoms with E-state index in [0.717, 1.165) is 30.4 Å². The summed E-state index contributed by atoms with van der Waals surface area (Å²) in [6, 6.07) is 9.76. The molecular weight excluding hydrogens is 346 g/mol. The van der Waals surface area contributed by atoms with Gasteiger partial charge in [0.1, 0.15) is 5.00 Å². The summed E-state index contributed by atoms with van der Waals surface area (Å²) in [5.74, 6) is -0.0710. The molecule has 1 amide bonds. The fourth-order valence-corrected chi connectivity index (χ4v) is 5.02. The minimum atomic E-state index is -0.361. The van der Waals surface area contributed by atoms with Gasteiger partial charge in [-0.2, -0.15) is 0 Å². The van der Waals surface area contributed by atoms with Crippen molar-refractivity contribution in [2.45, 2.75) is 45.4 Å².